The number of rotatable bonds is 0. The van der Waals surface area contributed by atoms with E-state index in [4.69, 9.17) is 28.0 Å². The lowest BCUT2D eigenvalue weighted by Gasteiger charge is -1.96. The topological polar surface area (TPSA) is 17.1 Å². The molecule has 3 heteroatoms. The highest BCUT2D eigenvalue weighted by Gasteiger charge is 1.96. The van der Waals surface area contributed by atoms with Crippen molar-refractivity contribution in [1.29, 1.82) is 0 Å². The predicted octanol–water partition coefficient (Wildman–Crippen LogP) is 3.51. The van der Waals surface area contributed by atoms with Crippen LogP contribution in [0.25, 0.3) is 0 Å². The molecule has 1 nitrogen and oxygen atoms in total. The summed E-state index contributed by atoms with van der Waals surface area (Å²) in [6, 6.07) is 5.48. The Morgan fingerprint density at radius 3 is 1.83 bits per heavy atom. The Hall–Kier alpha value is -0.530. The molecule has 0 aliphatic heterocycles. The van der Waals surface area contributed by atoms with E-state index in [0.29, 0.717) is 0 Å². The van der Waals surface area contributed by atoms with Crippen molar-refractivity contribution in [3.05, 3.63) is 33.8 Å². The standard InChI is InChI=1S/C7H6Cl2.C2H4O/c1-5-6(8)3-2-4-7(5)9;1-2-3/h2-4H,1H3;2H,1H3. The largest absolute Gasteiger partial charge is 0.304 e. The van der Waals surface area contributed by atoms with E-state index >= 15 is 0 Å². The first-order chi connectivity index (χ1) is 5.63. The Morgan fingerprint density at radius 1 is 1.25 bits per heavy atom. The molecule has 12 heavy (non-hydrogen) atoms. The first-order valence-corrected chi connectivity index (χ1v) is 4.19. The van der Waals surface area contributed by atoms with Crippen molar-refractivity contribution in [1.82, 2.24) is 0 Å². The van der Waals surface area contributed by atoms with Gasteiger partial charge in [-0.05, 0) is 31.5 Å². The summed E-state index contributed by atoms with van der Waals surface area (Å²) in [6.07, 6.45) is 0.750. The van der Waals surface area contributed by atoms with E-state index < -0.39 is 0 Å². The van der Waals surface area contributed by atoms with Crippen molar-refractivity contribution in [2.75, 3.05) is 0 Å². The van der Waals surface area contributed by atoms with Crippen molar-refractivity contribution in [3.63, 3.8) is 0 Å². The number of benzene rings is 1. The SMILES string of the molecule is CC=O.Cc1c(Cl)cccc1Cl. The molecule has 0 N–H and O–H groups in total. The maximum atomic E-state index is 8.81. The normalized spacial score (nSPS) is 8.33. The molecule has 1 rings (SSSR count). The van der Waals surface area contributed by atoms with Gasteiger partial charge in [-0.3, -0.25) is 0 Å². The average Bonchev–Trinajstić information content (AvgIpc) is 2.02. The first-order valence-electron chi connectivity index (χ1n) is 3.44. The van der Waals surface area contributed by atoms with Crippen LogP contribution < -0.4 is 0 Å². The van der Waals surface area contributed by atoms with Gasteiger partial charge < -0.3 is 4.79 Å². The number of hydrogen-bond acceptors (Lipinski definition) is 1. The lowest BCUT2D eigenvalue weighted by Crippen LogP contribution is -1.73. The quantitative estimate of drug-likeness (QED) is 0.592. The van der Waals surface area contributed by atoms with Gasteiger partial charge in [0.2, 0.25) is 0 Å². The van der Waals surface area contributed by atoms with E-state index in [1.807, 2.05) is 25.1 Å². The van der Waals surface area contributed by atoms with Crippen molar-refractivity contribution >= 4 is 29.5 Å². The summed E-state index contributed by atoms with van der Waals surface area (Å²) in [5.41, 5.74) is 0.945. The summed E-state index contributed by atoms with van der Waals surface area (Å²) in [4.78, 5) is 8.81. The molecule has 0 aliphatic carbocycles. The van der Waals surface area contributed by atoms with Gasteiger partial charge >= 0.3 is 0 Å². The first kappa shape index (κ1) is 11.5. The van der Waals surface area contributed by atoms with Gasteiger partial charge in [0.05, 0.1) is 0 Å². The van der Waals surface area contributed by atoms with Gasteiger partial charge in [0.25, 0.3) is 0 Å². The highest BCUT2D eigenvalue weighted by Crippen LogP contribution is 2.21. The smallest absolute Gasteiger partial charge is 0.116 e. The van der Waals surface area contributed by atoms with Crippen LogP contribution in [0.5, 0.6) is 0 Å². The Bertz CT molecular complexity index is 238. The maximum Gasteiger partial charge on any atom is 0.116 e. The van der Waals surface area contributed by atoms with Crippen LogP contribution in [0.2, 0.25) is 10.0 Å². The van der Waals surface area contributed by atoms with Gasteiger partial charge in [0.15, 0.2) is 0 Å². The molecule has 0 radical (unpaired) electrons. The monoisotopic (exact) mass is 204 g/mol. The molecule has 0 heterocycles. The molecule has 0 saturated heterocycles. The Kier molecular flexibility index (Phi) is 5.77. The summed E-state index contributed by atoms with van der Waals surface area (Å²) in [5, 5.41) is 1.45. The molecular formula is C9H10Cl2O. The molecule has 1 aromatic carbocycles. The molecule has 0 bridgehead atoms. The zero-order valence-corrected chi connectivity index (χ0v) is 8.49. The Morgan fingerprint density at radius 2 is 1.58 bits per heavy atom. The van der Waals surface area contributed by atoms with Crippen molar-refractivity contribution in [2.24, 2.45) is 0 Å². The predicted molar refractivity (Wildman–Crippen MR) is 52.9 cm³/mol. The third kappa shape index (κ3) is 3.74. The van der Waals surface area contributed by atoms with E-state index in [1.54, 1.807) is 0 Å². The summed E-state index contributed by atoms with van der Waals surface area (Å²) >= 11 is 11.5. The van der Waals surface area contributed by atoms with Crippen LogP contribution in [0.4, 0.5) is 0 Å². The number of carbonyl (C=O) groups is 1. The molecule has 66 valence electrons. The molecule has 0 aromatic heterocycles. The second kappa shape index (κ2) is 6.04. The lowest BCUT2D eigenvalue weighted by molar-refractivity contribution is -0.106. The van der Waals surface area contributed by atoms with Crippen LogP contribution in [-0.4, -0.2) is 6.29 Å². The average molecular weight is 205 g/mol. The highest BCUT2D eigenvalue weighted by atomic mass is 35.5. The van der Waals surface area contributed by atoms with Crippen LogP contribution in [-0.2, 0) is 4.79 Å². The second-order valence-corrected chi connectivity index (χ2v) is 2.90. The zero-order valence-electron chi connectivity index (χ0n) is 6.97. The second-order valence-electron chi connectivity index (χ2n) is 2.08. The molecule has 0 aliphatic rings. The van der Waals surface area contributed by atoms with Crippen LogP contribution in [0.1, 0.15) is 12.5 Å². The third-order valence-electron chi connectivity index (χ3n) is 1.20. The van der Waals surface area contributed by atoms with Crippen LogP contribution in [0, 0.1) is 6.92 Å². The van der Waals surface area contributed by atoms with Gasteiger partial charge in [0, 0.05) is 10.0 Å². The third-order valence-corrected chi connectivity index (χ3v) is 2.02. The summed E-state index contributed by atoms with van der Waals surface area (Å²) in [5.74, 6) is 0. The van der Waals surface area contributed by atoms with Gasteiger partial charge in [-0.15, -0.1) is 0 Å². The van der Waals surface area contributed by atoms with E-state index in [1.165, 1.54) is 6.92 Å². The van der Waals surface area contributed by atoms with Crippen molar-refractivity contribution < 1.29 is 4.79 Å². The van der Waals surface area contributed by atoms with E-state index in [9.17, 15) is 0 Å². The van der Waals surface area contributed by atoms with Gasteiger partial charge in [-0.2, -0.15) is 0 Å². The van der Waals surface area contributed by atoms with Crippen LogP contribution >= 0.6 is 23.2 Å². The summed E-state index contributed by atoms with van der Waals surface area (Å²) < 4.78 is 0. The van der Waals surface area contributed by atoms with E-state index in [-0.39, 0.29) is 0 Å². The minimum absolute atomic E-state index is 0.725. The van der Waals surface area contributed by atoms with E-state index in [0.717, 1.165) is 21.9 Å². The van der Waals surface area contributed by atoms with Gasteiger partial charge in [-0.25, -0.2) is 0 Å². The molecule has 0 saturated carbocycles. The van der Waals surface area contributed by atoms with Gasteiger partial charge in [0.1, 0.15) is 6.29 Å². The van der Waals surface area contributed by atoms with Crippen LogP contribution in [0.15, 0.2) is 18.2 Å². The fourth-order valence-electron chi connectivity index (χ4n) is 0.581. The molecule has 0 spiro atoms. The van der Waals surface area contributed by atoms with E-state index in [2.05, 4.69) is 0 Å². The number of carbonyl (C=O) groups excluding carboxylic acids is 1. The Balaban J connectivity index is 0.000000354. The molecule has 0 amide bonds. The number of halogens is 2. The Labute approximate surface area is 82.3 Å². The fourth-order valence-corrected chi connectivity index (χ4v) is 0.979. The summed E-state index contributed by atoms with van der Waals surface area (Å²) in [7, 11) is 0. The molecule has 0 unspecified atom stereocenters. The fraction of sp³-hybridized carbons (Fsp3) is 0.222. The van der Waals surface area contributed by atoms with Crippen LogP contribution in [0.3, 0.4) is 0 Å². The number of aldehydes is 1. The zero-order chi connectivity index (χ0) is 9.56. The molecule has 0 fully saturated rings. The maximum absolute atomic E-state index is 8.81. The lowest BCUT2D eigenvalue weighted by atomic mass is 10.2. The van der Waals surface area contributed by atoms with Crippen molar-refractivity contribution in [3.8, 4) is 0 Å². The molecular weight excluding hydrogens is 195 g/mol. The molecule has 1 aromatic rings. The van der Waals surface area contributed by atoms with Crippen molar-refractivity contribution in [2.45, 2.75) is 13.8 Å². The number of hydrogen-bond donors (Lipinski definition) is 0. The minimum atomic E-state index is 0.725. The highest BCUT2D eigenvalue weighted by molar-refractivity contribution is 6.35. The summed E-state index contributed by atoms with van der Waals surface area (Å²) in [6.45, 7) is 3.34. The van der Waals surface area contributed by atoms with Gasteiger partial charge in [-0.1, -0.05) is 29.3 Å². The minimum Gasteiger partial charge on any atom is -0.304 e. The molecule has 0 atom stereocenters.